The minimum absolute atomic E-state index is 0.00574. The van der Waals surface area contributed by atoms with Crippen LogP contribution in [0.2, 0.25) is 0 Å². The molecular formula is C20H15F2N3O3S. The summed E-state index contributed by atoms with van der Waals surface area (Å²) < 4.78 is 56.4. The van der Waals surface area contributed by atoms with Crippen LogP contribution in [-0.2, 0) is 10.0 Å². The van der Waals surface area contributed by atoms with Crippen molar-refractivity contribution >= 4 is 10.0 Å². The first kappa shape index (κ1) is 20.4. The highest BCUT2D eigenvalue weighted by Crippen LogP contribution is 2.36. The minimum Gasteiger partial charge on any atom is -0.480 e. The number of hydrogen-bond acceptors (Lipinski definition) is 5. The van der Waals surface area contributed by atoms with Crippen molar-refractivity contribution in [2.24, 2.45) is 5.14 Å². The van der Waals surface area contributed by atoms with Gasteiger partial charge >= 0.3 is 0 Å². The Kier molecular flexibility index (Phi) is 5.33. The second-order valence-corrected chi connectivity index (χ2v) is 7.75. The van der Waals surface area contributed by atoms with Gasteiger partial charge in [-0.3, -0.25) is 0 Å². The number of sulfonamides is 1. The quantitative estimate of drug-likeness (QED) is 0.702. The third-order valence-electron chi connectivity index (χ3n) is 4.35. The number of primary sulfonamides is 1. The number of aromatic nitrogens is 1. The number of benzene rings is 2. The Hall–Kier alpha value is -3.35. The van der Waals surface area contributed by atoms with Crippen LogP contribution in [0, 0.1) is 29.9 Å². The van der Waals surface area contributed by atoms with Crippen molar-refractivity contribution in [1.29, 1.82) is 5.26 Å². The van der Waals surface area contributed by atoms with Gasteiger partial charge in [0.2, 0.25) is 15.9 Å². The lowest BCUT2D eigenvalue weighted by Crippen LogP contribution is -2.11. The van der Waals surface area contributed by atoms with Crippen LogP contribution in [0.15, 0.2) is 47.4 Å². The first-order chi connectivity index (χ1) is 13.7. The molecule has 29 heavy (non-hydrogen) atoms. The molecule has 0 aliphatic carbocycles. The molecule has 3 rings (SSSR count). The predicted octanol–water partition coefficient (Wildman–Crippen LogP) is 3.53. The van der Waals surface area contributed by atoms with Gasteiger partial charge in [-0.2, -0.15) is 5.26 Å². The van der Waals surface area contributed by atoms with Crippen molar-refractivity contribution < 1.29 is 21.9 Å². The van der Waals surface area contributed by atoms with Crippen molar-refractivity contribution in [2.45, 2.75) is 11.8 Å². The van der Waals surface area contributed by atoms with E-state index >= 15 is 0 Å². The van der Waals surface area contributed by atoms with Crippen molar-refractivity contribution in [3.63, 3.8) is 0 Å². The third kappa shape index (κ3) is 3.94. The molecule has 0 aliphatic rings. The topological polar surface area (TPSA) is 106 Å². The first-order valence-electron chi connectivity index (χ1n) is 8.24. The summed E-state index contributed by atoms with van der Waals surface area (Å²) in [5.74, 6) is -1.50. The molecule has 0 saturated heterocycles. The number of rotatable bonds is 4. The molecule has 0 aliphatic heterocycles. The normalized spacial score (nSPS) is 11.2. The van der Waals surface area contributed by atoms with Crippen LogP contribution in [0.25, 0.3) is 22.4 Å². The second kappa shape index (κ2) is 7.58. The van der Waals surface area contributed by atoms with E-state index in [1.807, 2.05) is 6.07 Å². The Morgan fingerprint density at radius 3 is 2.14 bits per heavy atom. The predicted molar refractivity (Wildman–Crippen MR) is 102 cm³/mol. The van der Waals surface area contributed by atoms with E-state index in [0.717, 1.165) is 12.1 Å². The lowest BCUT2D eigenvalue weighted by Gasteiger charge is -2.14. The standard InChI is InChI=1S/C20H15F2N3O3S/c1-11-17(21)8-13(9-18(11)22)19-16(7-14(10-23)20(25-19)28-2)12-3-5-15(6-4-12)29(24,26)27/h3-9H,1-2H3,(H2,24,26,27). The van der Waals surface area contributed by atoms with Gasteiger partial charge in [-0.05, 0) is 42.8 Å². The molecule has 0 fully saturated rings. The number of hydrogen-bond donors (Lipinski definition) is 1. The van der Waals surface area contributed by atoms with Crippen LogP contribution in [-0.4, -0.2) is 20.5 Å². The molecule has 2 N–H and O–H groups in total. The first-order valence-corrected chi connectivity index (χ1v) is 9.78. The lowest BCUT2D eigenvalue weighted by molar-refractivity contribution is 0.397. The maximum Gasteiger partial charge on any atom is 0.238 e. The van der Waals surface area contributed by atoms with Gasteiger partial charge in [0.15, 0.2) is 0 Å². The van der Waals surface area contributed by atoms with Gasteiger partial charge in [-0.15, -0.1) is 0 Å². The largest absolute Gasteiger partial charge is 0.480 e. The molecule has 1 aromatic heterocycles. The fourth-order valence-electron chi connectivity index (χ4n) is 2.78. The molecule has 0 saturated carbocycles. The number of nitrogens with zero attached hydrogens (tertiary/aromatic N) is 2. The van der Waals surface area contributed by atoms with Crippen LogP contribution in [0.3, 0.4) is 0 Å². The summed E-state index contributed by atoms with van der Waals surface area (Å²) >= 11 is 0. The van der Waals surface area contributed by atoms with E-state index in [1.165, 1.54) is 44.4 Å². The van der Waals surface area contributed by atoms with E-state index in [2.05, 4.69) is 4.98 Å². The molecule has 1 heterocycles. The molecular weight excluding hydrogens is 400 g/mol. The third-order valence-corrected chi connectivity index (χ3v) is 5.28. The zero-order valence-corrected chi connectivity index (χ0v) is 16.2. The molecule has 0 unspecified atom stereocenters. The summed E-state index contributed by atoms with van der Waals surface area (Å²) in [6.45, 7) is 1.31. The van der Waals surface area contributed by atoms with Gasteiger partial charge in [0.1, 0.15) is 23.3 Å². The van der Waals surface area contributed by atoms with Gasteiger partial charge in [-0.25, -0.2) is 27.3 Å². The number of nitriles is 1. The zero-order valence-electron chi connectivity index (χ0n) is 15.4. The molecule has 148 valence electrons. The van der Waals surface area contributed by atoms with Crippen LogP contribution in [0.5, 0.6) is 5.88 Å². The van der Waals surface area contributed by atoms with Gasteiger partial charge in [0.05, 0.1) is 17.7 Å². The van der Waals surface area contributed by atoms with Gasteiger partial charge in [0.25, 0.3) is 0 Å². The Bertz CT molecular complexity index is 1230. The molecule has 9 heteroatoms. The Morgan fingerprint density at radius 2 is 1.66 bits per heavy atom. The number of nitrogens with two attached hydrogens (primary N) is 1. The Labute approximate surface area is 166 Å². The number of ether oxygens (including phenoxy) is 1. The summed E-state index contributed by atoms with van der Waals surface area (Å²) in [5, 5.41) is 14.5. The van der Waals surface area contributed by atoms with Gasteiger partial charge < -0.3 is 4.74 Å². The summed E-state index contributed by atoms with van der Waals surface area (Å²) in [7, 11) is -2.57. The number of methoxy groups -OCH3 is 1. The van der Waals surface area contributed by atoms with E-state index in [9.17, 15) is 22.5 Å². The Balaban J connectivity index is 2.30. The summed E-state index contributed by atoms with van der Waals surface area (Å²) in [4.78, 5) is 4.17. The molecule has 0 bridgehead atoms. The fraction of sp³-hybridized carbons (Fsp3) is 0.100. The highest BCUT2D eigenvalue weighted by atomic mass is 32.2. The SMILES string of the molecule is COc1nc(-c2cc(F)c(C)c(F)c2)c(-c2ccc(S(N)(=O)=O)cc2)cc1C#N. The highest BCUT2D eigenvalue weighted by molar-refractivity contribution is 7.89. The average molecular weight is 415 g/mol. The monoisotopic (exact) mass is 415 g/mol. The van der Waals surface area contributed by atoms with Crippen LogP contribution in [0.1, 0.15) is 11.1 Å². The van der Waals surface area contributed by atoms with E-state index < -0.39 is 21.7 Å². The maximum atomic E-state index is 14.1. The molecule has 0 atom stereocenters. The molecule has 2 aromatic carbocycles. The maximum absolute atomic E-state index is 14.1. The summed E-state index contributed by atoms with van der Waals surface area (Å²) in [6, 6.07) is 11.2. The van der Waals surface area contributed by atoms with Crippen molar-refractivity contribution in [1.82, 2.24) is 4.98 Å². The minimum atomic E-state index is -3.89. The summed E-state index contributed by atoms with van der Waals surface area (Å²) in [6.07, 6.45) is 0. The highest BCUT2D eigenvalue weighted by Gasteiger charge is 2.18. The van der Waals surface area contributed by atoms with Crippen LogP contribution < -0.4 is 9.88 Å². The van der Waals surface area contributed by atoms with Crippen molar-refractivity contribution in [3.05, 3.63) is 65.2 Å². The van der Waals surface area contributed by atoms with Crippen LogP contribution in [0.4, 0.5) is 8.78 Å². The average Bonchev–Trinajstić information content (AvgIpc) is 2.70. The molecule has 0 radical (unpaired) electrons. The summed E-state index contributed by atoms with van der Waals surface area (Å²) in [5.41, 5.74) is 1.12. The lowest BCUT2D eigenvalue weighted by atomic mass is 9.97. The Morgan fingerprint density at radius 1 is 1.07 bits per heavy atom. The molecule has 0 amide bonds. The van der Waals surface area contributed by atoms with Crippen molar-refractivity contribution in [2.75, 3.05) is 7.11 Å². The van der Waals surface area contributed by atoms with Gasteiger partial charge in [-0.1, -0.05) is 12.1 Å². The molecule has 6 nitrogen and oxygen atoms in total. The zero-order chi connectivity index (χ0) is 21.3. The van der Waals surface area contributed by atoms with E-state index in [-0.39, 0.29) is 33.2 Å². The van der Waals surface area contributed by atoms with E-state index in [1.54, 1.807) is 0 Å². The molecule has 0 spiro atoms. The smallest absolute Gasteiger partial charge is 0.238 e. The fourth-order valence-corrected chi connectivity index (χ4v) is 3.29. The second-order valence-electron chi connectivity index (χ2n) is 6.19. The number of halogens is 2. The van der Waals surface area contributed by atoms with Gasteiger partial charge in [0, 0.05) is 16.7 Å². The molecule has 3 aromatic rings. The van der Waals surface area contributed by atoms with Crippen molar-refractivity contribution in [3.8, 4) is 34.3 Å². The van der Waals surface area contributed by atoms with E-state index in [4.69, 9.17) is 9.88 Å². The number of pyridine rings is 1. The van der Waals surface area contributed by atoms with E-state index in [0.29, 0.717) is 11.1 Å². The van der Waals surface area contributed by atoms with Crippen LogP contribution >= 0.6 is 0 Å².